The van der Waals surface area contributed by atoms with Crippen LogP contribution in [0, 0.1) is 17.3 Å². The zero-order valence-corrected chi connectivity index (χ0v) is 25.6. The first-order valence-corrected chi connectivity index (χ1v) is 15.3. The molecule has 0 spiro atoms. The van der Waals surface area contributed by atoms with Gasteiger partial charge in [-0.05, 0) is 82.0 Å². The molecule has 0 aliphatic heterocycles. The SMILES string of the molecule is CC(C)(C)c1cccc(C=Nc2ccc(C#CCCC(C)(C3=CCC=C3)C3c4ccccc4-c4ccccc43)cc2)c1O. The molecule has 0 saturated carbocycles. The highest BCUT2D eigenvalue weighted by atomic mass is 16.3. The van der Waals surface area contributed by atoms with E-state index in [-0.39, 0.29) is 10.8 Å². The second-order valence-corrected chi connectivity index (χ2v) is 12.9. The minimum atomic E-state index is -0.136. The molecule has 2 aliphatic carbocycles. The van der Waals surface area contributed by atoms with Crippen LogP contribution in [-0.4, -0.2) is 11.3 Å². The van der Waals surface area contributed by atoms with E-state index >= 15 is 0 Å². The number of hydrogen-bond donors (Lipinski definition) is 1. The van der Waals surface area contributed by atoms with Gasteiger partial charge < -0.3 is 5.11 Å². The maximum absolute atomic E-state index is 10.7. The molecule has 6 rings (SSSR count). The van der Waals surface area contributed by atoms with Crippen LogP contribution in [0.3, 0.4) is 0 Å². The number of aromatic hydroxyl groups is 1. The fraction of sp³-hybridized carbons (Fsp3) is 0.244. The van der Waals surface area contributed by atoms with Gasteiger partial charge >= 0.3 is 0 Å². The van der Waals surface area contributed by atoms with Crippen LogP contribution in [0.1, 0.15) is 80.7 Å². The fourth-order valence-electron chi connectivity index (χ4n) is 6.71. The van der Waals surface area contributed by atoms with Crippen molar-refractivity contribution in [3.8, 4) is 28.7 Å². The van der Waals surface area contributed by atoms with E-state index in [1.165, 1.54) is 27.8 Å². The number of benzene rings is 4. The second kappa shape index (κ2) is 11.6. The number of para-hydroxylation sites is 1. The third kappa shape index (κ3) is 5.61. The van der Waals surface area contributed by atoms with Crippen molar-refractivity contribution in [1.29, 1.82) is 0 Å². The summed E-state index contributed by atoms with van der Waals surface area (Å²) in [6.07, 6.45) is 11.5. The predicted molar refractivity (Wildman–Crippen MR) is 180 cm³/mol. The maximum Gasteiger partial charge on any atom is 0.128 e. The molecule has 4 aromatic carbocycles. The van der Waals surface area contributed by atoms with Crippen molar-refractivity contribution in [2.75, 3.05) is 0 Å². The summed E-state index contributed by atoms with van der Waals surface area (Å²) < 4.78 is 0. The van der Waals surface area contributed by atoms with Gasteiger partial charge in [0.15, 0.2) is 0 Å². The van der Waals surface area contributed by atoms with Crippen LogP contribution in [-0.2, 0) is 5.41 Å². The topological polar surface area (TPSA) is 32.6 Å². The zero-order valence-electron chi connectivity index (χ0n) is 25.6. The molecule has 0 heterocycles. The van der Waals surface area contributed by atoms with Crippen LogP contribution in [0.25, 0.3) is 11.1 Å². The van der Waals surface area contributed by atoms with Gasteiger partial charge in [0, 0.05) is 35.1 Å². The van der Waals surface area contributed by atoms with Crippen LogP contribution in [0.5, 0.6) is 5.75 Å². The number of aliphatic imine (C=N–C) groups is 1. The molecule has 43 heavy (non-hydrogen) atoms. The van der Waals surface area contributed by atoms with Crippen LogP contribution in [0.15, 0.2) is 120 Å². The van der Waals surface area contributed by atoms with Crippen LogP contribution < -0.4 is 0 Å². The van der Waals surface area contributed by atoms with Gasteiger partial charge in [0.2, 0.25) is 0 Å². The molecule has 2 heteroatoms. The van der Waals surface area contributed by atoms with E-state index in [1.54, 1.807) is 6.21 Å². The summed E-state index contributed by atoms with van der Waals surface area (Å²) in [6, 6.07) is 31.7. The van der Waals surface area contributed by atoms with E-state index in [4.69, 9.17) is 0 Å². The largest absolute Gasteiger partial charge is 0.507 e. The van der Waals surface area contributed by atoms with Crippen molar-refractivity contribution in [2.24, 2.45) is 10.4 Å². The lowest BCUT2D eigenvalue weighted by molar-refractivity contribution is 0.335. The van der Waals surface area contributed by atoms with E-state index in [2.05, 4.69) is 111 Å². The number of hydrogen-bond acceptors (Lipinski definition) is 2. The van der Waals surface area contributed by atoms with Gasteiger partial charge in [0.1, 0.15) is 5.75 Å². The highest BCUT2D eigenvalue weighted by Gasteiger charge is 2.43. The fourth-order valence-corrected chi connectivity index (χ4v) is 6.71. The third-order valence-corrected chi connectivity index (χ3v) is 9.00. The molecule has 0 radical (unpaired) electrons. The summed E-state index contributed by atoms with van der Waals surface area (Å²) in [5.41, 5.74) is 10.3. The highest BCUT2D eigenvalue weighted by Crippen LogP contribution is 2.57. The average Bonchev–Trinajstić information content (AvgIpc) is 3.67. The molecule has 1 unspecified atom stereocenters. The van der Waals surface area contributed by atoms with E-state index < -0.39 is 0 Å². The first-order valence-electron chi connectivity index (χ1n) is 15.3. The number of phenols is 1. The Balaban J connectivity index is 1.19. The van der Waals surface area contributed by atoms with E-state index in [0.717, 1.165) is 41.6 Å². The zero-order chi connectivity index (χ0) is 30.0. The Morgan fingerprint density at radius 2 is 1.51 bits per heavy atom. The molecule has 214 valence electrons. The summed E-state index contributed by atoms with van der Waals surface area (Å²) >= 11 is 0. The normalized spacial score (nSPS) is 15.5. The maximum atomic E-state index is 10.7. The molecular formula is C41H39NO. The summed E-state index contributed by atoms with van der Waals surface area (Å²) in [7, 11) is 0. The van der Waals surface area contributed by atoms with Gasteiger partial charge in [-0.25, -0.2) is 0 Å². The lowest BCUT2D eigenvalue weighted by atomic mass is 9.65. The van der Waals surface area contributed by atoms with Gasteiger partial charge in [0.05, 0.1) is 5.69 Å². The minimum Gasteiger partial charge on any atom is -0.507 e. The smallest absolute Gasteiger partial charge is 0.128 e. The summed E-state index contributed by atoms with van der Waals surface area (Å²) in [4.78, 5) is 4.61. The number of allylic oxidation sites excluding steroid dienone is 4. The summed E-state index contributed by atoms with van der Waals surface area (Å²) in [5.74, 6) is 7.47. The van der Waals surface area contributed by atoms with Gasteiger partial charge in [-0.15, -0.1) is 0 Å². The Labute approximate surface area is 256 Å². The number of phenolic OH excluding ortho intramolecular Hbond substituents is 1. The van der Waals surface area contributed by atoms with Crippen LogP contribution >= 0.6 is 0 Å². The molecule has 0 fully saturated rings. The Kier molecular flexibility index (Phi) is 7.68. The molecule has 0 amide bonds. The highest BCUT2D eigenvalue weighted by molar-refractivity contribution is 5.86. The minimum absolute atomic E-state index is 0.0567. The molecule has 2 aliphatic rings. The van der Waals surface area contributed by atoms with E-state index in [0.29, 0.717) is 11.7 Å². The quantitative estimate of drug-likeness (QED) is 0.184. The number of nitrogens with zero attached hydrogens (tertiary/aromatic N) is 1. The average molecular weight is 562 g/mol. The van der Waals surface area contributed by atoms with E-state index in [9.17, 15) is 5.11 Å². The van der Waals surface area contributed by atoms with Crippen LogP contribution in [0.4, 0.5) is 5.69 Å². The molecule has 4 aromatic rings. The van der Waals surface area contributed by atoms with Crippen molar-refractivity contribution in [3.05, 3.63) is 143 Å². The Morgan fingerprint density at radius 3 is 2.14 bits per heavy atom. The predicted octanol–water partition coefficient (Wildman–Crippen LogP) is 10.3. The van der Waals surface area contributed by atoms with Crippen molar-refractivity contribution < 1.29 is 5.11 Å². The van der Waals surface area contributed by atoms with Crippen molar-refractivity contribution in [2.45, 2.75) is 58.3 Å². The van der Waals surface area contributed by atoms with Gasteiger partial charge in [-0.2, -0.15) is 0 Å². The lowest BCUT2D eigenvalue weighted by Crippen LogP contribution is -2.27. The van der Waals surface area contributed by atoms with Gasteiger partial charge in [0.25, 0.3) is 0 Å². The second-order valence-electron chi connectivity index (χ2n) is 12.9. The Bertz CT molecular complexity index is 1760. The number of rotatable bonds is 6. The van der Waals surface area contributed by atoms with Crippen molar-refractivity contribution in [3.63, 3.8) is 0 Å². The van der Waals surface area contributed by atoms with Crippen molar-refractivity contribution in [1.82, 2.24) is 0 Å². The van der Waals surface area contributed by atoms with Crippen molar-refractivity contribution >= 4 is 11.9 Å². The summed E-state index contributed by atoms with van der Waals surface area (Å²) in [6.45, 7) is 8.72. The first-order chi connectivity index (χ1) is 20.8. The van der Waals surface area contributed by atoms with E-state index in [1.807, 2.05) is 42.5 Å². The Morgan fingerprint density at radius 1 is 0.837 bits per heavy atom. The molecular weight excluding hydrogens is 522 g/mol. The van der Waals surface area contributed by atoms with Crippen LogP contribution in [0.2, 0.25) is 0 Å². The molecule has 2 nitrogen and oxygen atoms in total. The first kappa shape index (κ1) is 28.5. The molecule has 1 atom stereocenters. The monoisotopic (exact) mass is 561 g/mol. The standard InChI is InChI=1S/C41H39NO/c1-40(2,3)37-22-13-15-30(39(37)43)28-42-32-25-23-29(24-26-32)14-11-12-27-41(4,31-16-5-6-17-31)38-35-20-9-7-18-33(35)34-19-8-10-21-36(34)38/h5,7-10,13,15-26,28,38,43H,6,12,27H2,1-4H3. The molecule has 0 saturated heterocycles. The molecule has 1 N–H and O–H groups in total. The summed E-state index contributed by atoms with van der Waals surface area (Å²) in [5, 5.41) is 10.7. The number of fused-ring (bicyclic) bond motifs is 3. The Hall–Kier alpha value is -4.61. The van der Waals surface area contributed by atoms with Gasteiger partial charge in [-0.3, -0.25) is 4.99 Å². The molecule has 0 bridgehead atoms. The van der Waals surface area contributed by atoms with Gasteiger partial charge in [-0.1, -0.05) is 118 Å². The third-order valence-electron chi connectivity index (χ3n) is 9.00. The molecule has 0 aromatic heterocycles. The lowest BCUT2D eigenvalue weighted by Gasteiger charge is -2.38.